The molecule has 0 bridgehead atoms. The average Bonchev–Trinajstić information content (AvgIpc) is 2.05. The number of rotatable bonds is 2. The van der Waals surface area contributed by atoms with Crippen molar-refractivity contribution in [1.29, 1.82) is 0 Å². The van der Waals surface area contributed by atoms with E-state index >= 15 is 0 Å². The molecule has 1 aromatic carbocycles. The first kappa shape index (κ1) is 7.35. The quantitative estimate of drug-likeness (QED) is 0.575. The lowest BCUT2D eigenvalue weighted by Crippen LogP contribution is -2.18. The van der Waals surface area contributed by atoms with Crippen LogP contribution >= 0.6 is 0 Å². The van der Waals surface area contributed by atoms with Gasteiger partial charge in [0.05, 0.1) is 0 Å². The fourth-order valence-corrected chi connectivity index (χ4v) is 1.44. The lowest BCUT2D eigenvalue weighted by molar-refractivity contribution is 1.32. The highest BCUT2D eigenvalue weighted by atomic mass is 28.2. The summed E-state index contributed by atoms with van der Waals surface area (Å²) in [6.45, 7) is 2.28. The van der Waals surface area contributed by atoms with Gasteiger partial charge in [0.25, 0.3) is 0 Å². The van der Waals surface area contributed by atoms with Crippen molar-refractivity contribution in [3.63, 3.8) is 0 Å². The standard InChI is InChI=1S/C8H13NSi/c1-9(10-2)8-6-4-3-5-7-8/h3-7H,10H2,1-2H3. The van der Waals surface area contributed by atoms with Gasteiger partial charge in [-0.1, -0.05) is 24.7 Å². The molecule has 0 radical (unpaired) electrons. The van der Waals surface area contributed by atoms with Crippen molar-refractivity contribution in [2.45, 2.75) is 6.55 Å². The predicted octanol–water partition coefficient (Wildman–Crippen LogP) is 1.25. The van der Waals surface area contributed by atoms with Crippen molar-refractivity contribution in [3.8, 4) is 0 Å². The van der Waals surface area contributed by atoms with Crippen molar-refractivity contribution in [1.82, 2.24) is 0 Å². The third-order valence-corrected chi connectivity index (χ3v) is 2.99. The van der Waals surface area contributed by atoms with Crippen molar-refractivity contribution in [3.05, 3.63) is 30.3 Å². The van der Waals surface area contributed by atoms with Gasteiger partial charge in [-0.2, -0.15) is 0 Å². The molecule has 0 amide bonds. The third-order valence-electron chi connectivity index (χ3n) is 1.67. The zero-order chi connectivity index (χ0) is 7.40. The van der Waals surface area contributed by atoms with Gasteiger partial charge in [0.1, 0.15) is 9.68 Å². The molecule has 10 heavy (non-hydrogen) atoms. The molecule has 0 saturated carbocycles. The summed E-state index contributed by atoms with van der Waals surface area (Å²) in [4.78, 5) is 0. The molecule has 0 aliphatic rings. The van der Waals surface area contributed by atoms with Crippen molar-refractivity contribution < 1.29 is 0 Å². The van der Waals surface area contributed by atoms with Gasteiger partial charge >= 0.3 is 0 Å². The highest BCUT2D eigenvalue weighted by Crippen LogP contribution is 2.08. The van der Waals surface area contributed by atoms with Gasteiger partial charge in [-0.15, -0.1) is 0 Å². The zero-order valence-electron chi connectivity index (χ0n) is 6.54. The molecule has 0 heterocycles. The monoisotopic (exact) mass is 151 g/mol. The summed E-state index contributed by atoms with van der Waals surface area (Å²) in [6, 6.07) is 10.5. The van der Waals surface area contributed by atoms with Crippen LogP contribution in [0.5, 0.6) is 0 Å². The summed E-state index contributed by atoms with van der Waals surface area (Å²) in [5, 5.41) is 0. The fourth-order valence-electron chi connectivity index (χ4n) is 0.865. The van der Waals surface area contributed by atoms with E-state index < -0.39 is 0 Å². The molecule has 0 aliphatic heterocycles. The van der Waals surface area contributed by atoms with Gasteiger partial charge in [0.2, 0.25) is 0 Å². The number of hydrogen-bond donors (Lipinski definition) is 0. The summed E-state index contributed by atoms with van der Waals surface area (Å²) in [7, 11) is 2.13. The van der Waals surface area contributed by atoms with Crippen LogP contribution in [0.4, 0.5) is 5.69 Å². The Labute approximate surface area is 64.6 Å². The molecule has 0 unspecified atom stereocenters. The number of nitrogens with zero attached hydrogens (tertiary/aromatic N) is 1. The molecular weight excluding hydrogens is 138 g/mol. The van der Waals surface area contributed by atoms with Crippen molar-refractivity contribution >= 4 is 15.4 Å². The molecule has 1 rings (SSSR count). The Bertz CT molecular complexity index is 186. The summed E-state index contributed by atoms with van der Waals surface area (Å²) >= 11 is 0. The van der Waals surface area contributed by atoms with Gasteiger partial charge in [-0.05, 0) is 19.2 Å². The Morgan fingerprint density at radius 2 is 1.80 bits per heavy atom. The molecule has 1 nitrogen and oxygen atoms in total. The van der Waals surface area contributed by atoms with Crippen LogP contribution in [0.3, 0.4) is 0 Å². The van der Waals surface area contributed by atoms with Crippen LogP contribution in [0.15, 0.2) is 30.3 Å². The lowest BCUT2D eigenvalue weighted by Gasteiger charge is -2.15. The second-order valence-corrected chi connectivity index (χ2v) is 3.93. The van der Waals surface area contributed by atoms with Crippen LogP contribution in [0.2, 0.25) is 6.55 Å². The second kappa shape index (κ2) is 3.42. The van der Waals surface area contributed by atoms with E-state index in [-0.39, 0.29) is 9.68 Å². The Morgan fingerprint density at radius 1 is 1.20 bits per heavy atom. The minimum atomic E-state index is -0.0266. The van der Waals surface area contributed by atoms with Gasteiger partial charge < -0.3 is 4.57 Å². The van der Waals surface area contributed by atoms with Crippen LogP contribution in [-0.4, -0.2) is 16.7 Å². The molecule has 0 fully saturated rings. The van der Waals surface area contributed by atoms with Gasteiger partial charge in [-0.25, -0.2) is 0 Å². The molecule has 0 aromatic heterocycles. The fraction of sp³-hybridized carbons (Fsp3) is 0.250. The van der Waals surface area contributed by atoms with Crippen LogP contribution < -0.4 is 4.57 Å². The number of hydrogen-bond acceptors (Lipinski definition) is 1. The maximum atomic E-state index is 2.35. The number of anilines is 1. The van der Waals surface area contributed by atoms with Crippen LogP contribution in [0, 0.1) is 0 Å². The van der Waals surface area contributed by atoms with Crippen molar-refractivity contribution in [2.24, 2.45) is 0 Å². The van der Waals surface area contributed by atoms with Gasteiger partial charge in [0, 0.05) is 5.69 Å². The molecule has 0 saturated heterocycles. The van der Waals surface area contributed by atoms with Crippen LogP contribution in [0.25, 0.3) is 0 Å². The summed E-state index contributed by atoms with van der Waals surface area (Å²) in [6.07, 6.45) is 0. The van der Waals surface area contributed by atoms with Gasteiger partial charge in [-0.3, -0.25) is 0 Å². The minimum absolute atomic E-state index is 0.0266. The average molecular weight is 151 g/mol. The smallest absolute Gasteiger partial charge is 0.120 e. The van der Waals surface area contributed by atoms with Crippen LogP contribution in [-0.2, 0) is 0 Å². The maximum absolute atomic E-state index is 2.35. The first-order valence-electron chi connectivity index (χ1n) is 3.60. The normalized spacial score (nSPS) is 10.6. The largest absolute Gasteiger partial charge is 0.406 e. The summed E-state index contributed by atoms with van der Waals surface area (Å²) in [5.41, 5.74) is 1.34. The highest BCUT2D eigenvalue weighted by Gasteiger charge is 1.92. The number of para-hydroxylation sites is 1. The minimum Gasteiger partial charge on any atom is -0.406 e. The Morgan fingerprint density at radius 3 is 2.30 bits per heavy atom. The Balaban J connectivity index is 2.75. The zero-order valence-corrected chi connectivity index (χ0v) is 7.96. The van der Waals surface area contributed by atoms with Crippen molar-refractivity contribution in [2.75, 3.05) is 11.6 Å². The highest BCUT2D eigenvalue weighted by molar-refractivity contribution is 6.39. The topological polar surface area (TPSA) is 3.24 Å². The van der Waals surface area contributed by atoms with E-state index in [9.17, 15) is 0 Å². The maximum Gasteiger partial charge on any atom is 0.120 e. The van der Waals surface area contributed by atoms with E-state index in [1.54, 1.807) is 0 Å². The van der Waals surface area contributed by atoms with E-state index in [1.165, 1.54) is 5.69 Å². The van der Waals surface area contributed by atoms with Gasteiger partial charge in [0.15, 0.2) is 0 Å². The van der Waals surface area contributed by atoms with E-state index in [1.807, 2.05) is 0 Å². The van der Waals surface area contributed by atoms with E-state index in [2.05, 4.69) is 48.5 Å². The predicted molar refractivity (Wildman–Crippen MR) is 49.3 cm³/mol. The third kappa shape index (κ3) is 1.61. The first-order chi connectivity index (χ1) is 4.84. The summed E-state index contributed by atoms with van der Waals surface area (Å²) < 4.78 is 2.35. The first-order valence-corrected chi connectivity index (χ1v) is 5.65. The molecule has 0 atom stereocenters. The number of benzene rings is 1. The SMILES string of the molecule is C[SiH2]N(C)c1ccccc1. The Hall–Kier alpha value is -0.763. The molecule has 2 heteroatoms. The molecule has 54 valence electrons. The molecule has 0 aliphatic carbocycles. The molecule has 0 N–H and O–H groups in total. The van der Waals surface area contributed by atoms with E-state index in [0.29, 0.717) is 0 Å². The Kier molecular flexibility index (Phi) is 2.51. The lowest BCUT2D eigenvalue weighted by atomic mass is 10.3. The molecular formula is C8H13NSi. The summed E-state index contributed by atoms with van der Waals surface area (Å²) in [5.74, 6) is 0. The van der Waals surface area contributed by atoms with Crippen LogP contribution in [0.1, 0.15) is 0 Å². The second-order valence-electron chi connectivity index (χ2n) is 2.35. The molecule has 0 spiro atoms. The van der Waals surface area contributed by atoms with E-state index in [4.69, 9.17) is 0 Å². The molecule has 1 aromatic rings. The van der Waals surface area contributed by atoms with E-state index in [0.717, 1.165) is 0 Å².